The number of aromatic nitrogens is 2. The summed E-state index contributed by atoms with van der Waals surface area (Å²) in [5, 5.41) is 3.53. The lowest BCUT2D eigenvalue weighted by atomic mass is 10.0. The minimum Gasteiger partial charge on any atom is -0.338 e. The Balaban J connectivity index is 2.09. The Morgan fingerprint density at radius 1 is 1.43 bits per heavy atom. The van der Waals surface area contributed by atoms with Gasteiger partial charge in [0.2, 0.25) is 0 Å². The third-order valence-corrected chi connectivity index (χ3v) is 4.17. The van der Waals surface area contributed by atoms with E-state index in [9.17, 15) is 4.39 Å². The minimum atomic E-state index is -0.225. The van der Waals surface area contributed by atoms with Crippen LogP contribution in [-0.4, -0.2) is 16.1 Å². The Hall–Kier alpha value is -1.20. The Morgan fingerprint density at radius 2 is 2.24 bits per heavy atom. The summed E-state index contributed by atoms with van der Waals surface area (Å²) in [7, 11) is 2.01. The Kier molecular flexibility index (Phi) is 5.94. The molecule has 0 radical (unpaired) electrons. The van der Waals surface area contributed by atoms with Crippen molar-refractivity contribution >= 4 is 15.9 Å². The normalized spacial score (nSPS) is 12.6. The summed E-state index contributed by atoms with van der Waals surface area (Å²) in [5.74, 6) is 0.844. The molecular formula is C16H21BrFN3. The lowest BCUT2D eigenvalue weighted by Crippen LogP contribution is -2.23. The second-order valence-electron chi connectivity index (χ2n) is 5.17. The summed E-state index contributed by atoms with van der Waals surface area (Å²) in [6.07, 6.45) is 6.67. The largest absolute Gasteiger partial charge is 0.338 e. The molecule has 1 N–H and O–H groups in total. The molecule has 0 bridgehead atoms. The Bertz CT molecular complexity index is 583. The van der Waals surface area contributed by atoms with E-state index in [1.165, 1.54) is 6.07 Å². The van der Waals surface area contributed by atoms with Gasteiger partial charge in [0.05, 0.1) is 4.47 Å². The molecule has 0 saturated heterocycles. The molecule has 1 unspecified atom stereocenters. The number of halogens is 2. The van der Waals surface area contributed by atoms with E-state index in [1.807, 2.05) is 36.1 Å². The summed E-state index contributed by atoms with van der Waals surface area (Å²) >= 11 is 3.26. The monoisotopic (exact) mass is 353 g/mol. The summed E-state index contributed by atoms with van der Waals surface area (Å²) < 4.78 is 15.9. The predicted octanol–water partition coefficient (Wildman–Crippen LogP) is 4.00. The van der Waals surface area contributed by atoms with Gasteiger partial charge in [-0.05, 0) is 53.0 Å². The highest BCUT2D eigenvalue weighted by molar-refractivity contribution is 9.10. The van der Waals surface area contributed by atoms with Gasteiger partial charge in [0, 0.05) is 31.9 Å². The van der Waals surface area contributed by atoms with Crippen LogP contribution in [0.25, 0.3) is 0 Å². The van der Waals surface area contributed by atoms with Crippen LogP contribution in [-0.2, 0) is 13.5 Å². The summed E-state index contributed by atoms with van der Waals surface area (Å²) in [6, 6.07) is 5.44. The van der Waals surface area contributed by atoms with E-state index in [4.69, 9.17) is 0 Å². The Morgan fingerprint density at radius 3 is 2.86 bits per heavy atom. The van der Waals surface area contributed by atoms with Crippen molar-refractivity contribution in [3.8, 4) is 0 Å². The van der Waals surface area contributed by atoms with Gasteiger partial charge in [0.1, 0.15) is 11.6 Å². The van der Waals surface area contributed by atoms with Gasteiger partial charge in [-0.25, -0.2) is 9.37 Å². The second-order valence-corrected chi connectivity index (χ2v) is 6.03. The average Bonchev–Trinajstić information content (AvgIpc) is 2.88. The fraction of sp³-hybridized carbons (Fsp3) is 0.438. The van der Waals surface area contributed by atoms with Crippen molar-refractivity contribution in [2.45, 2.75) is 32.2 Å². The van der Waals surface area contributed by atoms with Crippen molar-refractivity contribution in [2.24, 2.45) is 7.05 Å². The van der Waals surface area contributed by atoms with E-state index in [0.717, 1.165) is 37.2 Å². The number of rotatable bonds is 7. The third kappa shape index (κ3) is 4.38. The van der Waals surface area contributed by atoms with Crippen molar-refractivity contribution in [1.29, 1.82) is 0 Å². The molecule has 0 fully saturated rings. The zero-order chi connectivity index (χ0) is 15.2. The van der Waals surface area contributed by atoms with Crippen LogP contribution in [0.3, 0.4) is 0 Å². The van der Waals surface area contributed by atoms with E-state index in [0.29, 0.717) is 4.47 Å². The summed E-state index contributed by atoms with van der Waals surface area (Å²) in [5.41, 5.74) is 1.10. The first-order valence-electron chi connectivity index (χ1n) is 7.26. The Labute approximate surface area is 133 Å². The molecule has 1 heterocycles. The van der Waals surface area contributed by atoms with E-state index < -0.39 is 0 Å². The van der Waals surface area contributed by atoms with E-state index in [2.05, 4.69) is 33.2 Å². The molecule has 0 aliphatic carbocycles. The van der Waals surface area contributed by atoms with Crippen molar-refractivity contribution in [3.05, 3.63) is 52.3 Å². The van der Waals surface area contributed by atoms with Crippen molar-refractivity contribution in [2.75, 3.05) is 6.54 Å². The molecule has 0 spiro atoms. The SMILES string of the molecule is CCCNC(CCc1nccn1C)c1ccc(F)c(Br)c1. The van der Waals surface area contributed by atoms with Gasteiger partial charge in [-0.3, -0.25) is 0 Å². The first-order valence-corrected chi connectivity index (χ1v) is 8.05. The first-order chi connectivity index (χ1) is 10.1. The van der Waals surface area contributed by atoms with Crippen LogP contribution in [0.4, 0.5) is 4.39 Å². The summed E-state index contributed by atoms with van der Waals surface area (Å²) in [6.45, 7) is 3.09. The van der Waals surface area contributed by atoms with Gasteiger partial charge in [0.15, 0.2) is 0 Å². The highest BCUT2D eigenvalue weighted by Crippen LogP contribution is 2.24. The van der Waals surface area contributed by atoms with Crippen LogP contribution in [0.15, 0.2) is 35.1 Å². The van der Waals surface area contributed by atoms with E-state index in [-0.39, 0.29) is 11.9 Å². The van der Waals surface area contributed by atoms with Crippen LogP contribution in [0.2, 0.25) is 0 Å². The molecule has 0 aliphatic rings. The van der Waals surface area contributed by atoms with Crippen LogP contribution < -0.4 is 5.32 Å². The molecule has 1 aromatic carbocycles. The van der Waals surface area contributed by atoms with Crippen LogP contribution in [0.1, 0.15) is 37.2 Å². The lowest BCUT2D eigenvalue weighted by Gasteiger charge is -2.19. The molecule has 5 heteroatoms. The number of aryl methyl sites for hydroxylation is 2. The van der Waals surface area contributed by atoms with Gasteiger partial charge < -0.3 is 9.88 Å². The van der Waals surface area contributed by atoms with Crippen LogP contribution >= 0.6 is 15.9 Å². The van der Waals surface area contributed by atoms with Crippen molar-refractivity contribution in [3.63, 3.8) is 0 Å². The smallest absolute Gasteiger partial charge is 0.137 e. The number of hydrogen-bond donors (Lipinski definition) is 1. The second kappa shape index (κ2) is 7.71. The van der Waals surface area contributed by atoms with Crippen LogP contribution in [0.5, 0.6) is 0 Å². The quantitative estimate of drug-likeness (QED) is 0.815. The summed E-state index contributed by atoms with van der Waals surface area (Å²) in [4.78, 5) is 4.36. The van der Waals surface area contributed by atoms with Gasteiger partial charge in [0.25, 0.3) is 0 Å². The van der Waals surface area contributed by atoms with Crippen molar-refractivity contribution in [1.82, 2.24) is 14.9 Å². The fourth-order valence-corrected chi connectivity index (χ4v) is 2.74. The standard InChI is InChI=1S/C16H21BrFN3/c1-3-8-19-15(6-7-16-20-9-10-21(16)2)12-4-5-14(18)13(17)11-12/h4-5,9-11,15,19H,3,6-8H2,1-2H3. The highest BCUT2D eigenvalue weighted by Gasteiger charge is 2.13. The zero-order valence-electron chi connectivity index (χ0n) is 12.4. The molecule has 1 atom stereocenters. The molecule has 0 saturated carbocycles. The molecular weight excluding hydrogens is 333 g/mol. The number of nitrogens with zero attached hydrogens (tertiary/aromatic N) is 2. The van der Waals surface area contributed by atoms with Crippen molar-refractivity contribution < 1.29 is 4.39 Å². The van der Waals surface area contributed by atoms with E-state index >= 15 is 0 Å². The predicted molar refractivity (Wildman–Crippen MR) is 86.7 cm³/mol. The first kappa shape index (κ1) is 16.2. The maximum atomic E-state index is 13.4. The van der Waals surface area contributed by atoms with Gasteiger partial charge in [-0.2, -0.15) is 0 Å². The molecule has 1 aromatic heterocycles. The molecule has 0 amide bonds. The molecule has 3 nitrogen and oxygen atoms in total. The third-order valence-electron chi connectivity index (χ3n) is 3.56. The van der Waals surface area contributed by atoms with Gasteiger partial charge in [-0.15, -0.1) is 0 Å². The molecule has 21 heavy (non-hydrogen) atoms. The maximum absolute atomic E-state index is 13.4. The highest BCUT2D eigenvalue weighted by atomic mass is 79.9. The van der Waals surface area contributed by atoms with Gasteiger partial charge >= 0.3 is 0 Å². The van der Waals surface area contributed by atoms with Crippen LogP contribution in [0, 0.1) is 5.82 Å². The molecule has 0 aliphatic heterocycles. The fourth-order valence-electron chi connectivity index (χ4n) is 2.35. The maximum Gasteiger partial charge on any atom is 0.137 e. The number of benzene rings is 1. The van der Waals surface area contributed by atoms with E-state index in [1.54, 1.807) is 0 Å². The minimum absolute atomic E-state index is 0.207. The zero-order valence-corrected chi connectivity index (χ0v) is 14.0. The molecule has 2 aromatic rings. The lowest BCUT2D eigenvalue weighted by molar-refractivity contribution is 0.490. The van der Waals surface area contributed by atoms with Gasteiger partial charge in [-0.1, -0.05) is 13.0 Å². The molecule has 2 rings (SSSR count). The average molecular weight is 354 g/mol. The number of imidazole rings is 1. The topological polar surface area (TPSA) is 29.9 Å². The molecule has 114 valence electrons. The number of hydrogen-bond acceptors (Lipinski definition) is 2. The number of nitrogens with one attached hydrogen (secondary N) is 1.